The molecule has 7 heteroatoms. The molecule has 1 aliphatic rings. The fourth-order valence-corrected chi connectivity index (χ4v) is 5.15. The first-order valence-corrected chi connectivity index (χ1v) is 8.72. The van der Waals surface area contributed by atoms with Crippen LogP contribution in [-0.2, 0) is 16.6 Å². The molecule has 0 saturated carbocycles. The number of nitrogens with zero attached hydrogens (tertiary/aromatic N) is 1. The zero-order valence-corrected chi connectivity index (χ0v) is 13.5. The fourth-order valence-electron chi connectivity index (χ4n) is 2.55. The van der Waals surface area contributed by atoms with Crippen LogP contribution in [0, 0.1) is 0 Å². The van der Waals surface area contributed by atoms with Crippen LogP contribution >= 0.6 is 23.2 Å². The molecule has 20 heavy (non-hydrogen) atoms. The number of aliphatic hydroxyl groups is 1. The van der Waals surface area contributed by atoms with E-state index in [1.807, 2.05) is 6.92 Å². The van der Waals surface area contributed by atoms with Crippen molar-refractivity contribution in [2.45, 2.75) is 43.7 Å². The third-order valence-electron chi connectivity index (χ3n) is 3.65. The Morgan fingerprint density at radius 2 is 2.05 bits per heavy atom. The average Bonchev–Trinajstić information content (AvgIpc) is 2.87. The molecule has 0 spiro atoms. The lowest BCUT2D eigenvalue weighted by molar-refractivity contribution is 0.281. The van der Waals surface area contributed by atoms with Gasteiger partial charge in [0, 0.05) is 17.6 Å². The van der Waals surface area contributed by atoms with Gasteiger partial charge in [0.05, 0.1) is 11.6 Å². The zero-order chi connectivity index (χ0) is 14.9. The molecule has 0 radical (unpaired) electrons. The standard InChI is InChI=1S/C13H17Cl2NO3S/c1-2-10-4-3-5-16(10)20(18,19)13-6-9(8-17)11(14)7-12(13)15/h6-7,10,17H,2-5,8H2,1H3. The molecule has 0 amide bonds. The van der Waals surface area contributed by atoms with Crippen LogP contribution in [0.5, 0.6) is 0 Å². The van der Waals surface area contributed by atoms with Crippen molar-refractivity contribution in [3.8, 4) is 0 Å². The summed E-state index contributed by atoms with van der Waals surface area (Å²) in [5.74, 6) is 0. The number of halogens is 2. The summed E-state index contributed by atoms with van der Waals surface area (Å²) in [4.78, 5) is 0.0213. The van der Waals surface area contributed by atoms with E-state index in [-0.39, 0.29) is 27.6 Å². The summed E-state index contributed by atoms with van der Waals surface area (Å²) in [5.41, 5.74) is 0.363. The Hall–Kier alpha value is -0.330. The smallest absolute Gasteiger partial charge is 0.244 e. The minimum Gasteiger partial charge on any atom is -0.392 e. The van der Waals surface area contributed by atoms with Crippen molar-refractivity contribution in [1.29, 1.82) is 0 Å². The summed E-state index contributed by atoms with van der Waals surface area (Å²) >= 11 is 12.0. The van der Waals surface area contributed by atoms with Crippen LogP contribution in [0.4, 0.5) is 0 Å². The van der Waals surface area contributed by atoms with Gasteiger partial charge < -0.3 is 5.11 Å². The minimum atomic E-state index is -3.65. The van der Waals surface area contributed by atoms with Crippen LogP contribution < -0.4 is 0 Å². The first-order chi connectivity index (χ1) is 9.41. The predicted octanol–water partition coefficient (Wildman–Crippen LogP) is 3.05. The van der Waals surface area contributed by atoms with Gasteiger partial charge in [-0.2, -0.15) is 4.31 Å². The van der Waals surface area contributed by atoms with Gasteiger partial charge in [-0.15, -0.1) is 0 Å². The second kappa shape index (κ2) is 6.20. The van der Waals surface area contributed by atoms with Crippen molar-refractivity contribution in [3.05, 3.63) is 27.7 Å². The molecule has 2 rings (SSSR count). The van der Waals surface area contributed by atoms with Crippen LogP contribution in [0.2, 0.25) is 10.0 Å². The van der Waals surface area contributed by atoms with Crippen LogP contribution in [-0.4, -0.2) is 30.4 Å². The summed E-state index contributed by atoms with van der Waals surface area (Å²) in [7, 11) is -3.65. The number of aliphatic hydroxyl groups excluding tert-OH is 1. The van der Waals surface area contributed by atoms with Gasteiger partial charge in [0.2, 0.25) is 10.0 Å². The number of benzene rings is 1. The Labute approximate surface area is 129 Å². The van der Waals surface area contributed by atoms with Crippen molar-refractivity contribution in [2.24, 2.45) is 0 Å². The SMILES string of the molecule is CCC1CCCN1S(=O)(=O)c1cc(CO)c(Cl)cc1Cl. The van der Waals surface area contributed by atoms with Gasteiger partial charge in [0.1, 0.15) is 4.90 Å². The highest BCUT2D eigenvalue weighted by molar-refractivity contribution is 7.89. The Balaban J connectivity index is 2.49. The monoisotopic (exact) mass is 337 g/mol. The lowest BCUT2D eigenvalue weighted by Crippen LogP contribution is -2.35. The molecule has 4 nitrogen and oxygen atoms in total. The Kier molecular flexibility index (Phi) is 4.97. The third-order valence-corrected chi connectivity index (χ3v) is 6.42. The molecule has 1 heterocycles. The molecular weight excluding hydrogens is 321 g/mol. The van der Waals surface area contributed by atoms with Crippen molar-refractivity contribution < 1.29 is 13.5 Å². The lowest BCUT2D eigenvalue weighted by Gasteiger charge is -2.24. The van der Waals surface area contributed by atoms with Gasteiger partial charge in [0.15, 0.2) is 0 Å². The molecular formula is C13H17Cl2NO3S. The fraction of sp³-hybridized carbons (Fsp3) is 0.538. The molecule has 112 valence electrons. The molecule has 0 bridgehead atoms. The Bertz CT molecular complexity index is 604. The predicted molar refractivity (Wildman–Crippen MR) is 79.6 cm³/mol. The van der Waals surface area contributed by atoms with Crippen LogP contribution in [0.25, 0.3) is 0 Å². The van der Waals surface area contributed by atoms with Crippen molar-refractivity contribution in [2.75, 3.05) is 6.54 Å². The van der Waals surface area contributed by atoms with E-state index in [1.54, 1.807) is 0 Å². The van der Waals surface area contributed by atoms with E-state index < -0.39 is 10.0 Å². The molecule has 0 aliphatic carbocycles. The Morgan fingerprint density at radius 1 is 1.35 bits per heavy atom. The average molecular weight is 338 g/mol. The quantitative estimate of drug-likeness (QED) is 0.918. The molecule has 1 fully saturated rings. The van der Waals surface area contributed by atoms with Gasteiger partial charge in [-0.1, -0.05) is 30.1 Å². The second-order valence-electron chi connectivity index (χ2n) is 4.85. The normalized spacial score (nSPS) is 20.5. The topological polar surface area (TPSA) is 57.6 Å². The molecule has 1 saturated heterocycles. The summed E-state index contributed by atoms with van der Waals surface area (Å²) in [6.07, 6.45) is 2.50. The van der Waals surface area contributed by atoms with Crippen molar-refractivity contribution >= 4 is 33.2 Å². The maximum Gasteiger partial charge on any atom is 0.244 e. The molecule has 1 aliphatic heterocycles. The number of hydrogen-bond acceptors (Lipinski definition) is 3. The maximum atomic E-state index is 12.7. The number of rotatable bonds is 4. The van der Waals surface area contributed by atoms with Crippen LogP contribution in [0.1, 0.15) is 31.7 Å². The lowest BCUT2D eigenvalue weighted by atomic mass is 10.2. The van der Waals surface area contributed by atoms with E-state index in [1.165, 1.54) is 16.4 Å². The van der Waals surface area contributed by atoms with E-state index in [9.17, 15) is 13.5 Å². The summed E-state index contributed by atoms with van der Waals surface area (Å²) < 4.78 is 26.9. The molecule has 1 atom stereocenters. The van der Waals surface area contributed by atoms with Crippen LogP contribution in [0.3, 0.4) is 0 Å². The first-order valence-electron chi connectivity index (χ1n) is 6.52. The maximum absolute atomic E-state index is 12.7. The van der Waals surface area contributed by atoms with E-state index in [2.05, 4.69) is 0 Å². The van der Waals surface area contributed by atoms with E-state index >= 15 is 0 Å². The zero-order valence-electron chi connectivity index (χ0n) is 11.1. The van der Waals surface area contributed by atoms with Gasteiger partial charge in [0.25, 0.3) is 0 Å². The van der Waals surface area contributed by atoms with E-state index in [4.69, 9.17) is 23.2 Å². The highest BCUT2D eigenvalue weighted by Crippen LogP contribution is 2.34. The highest BCUT2D eigenvalue weighted by atomic mass is 35.5. The van der Waals surface area contributed by atoms with Crippen molar-refractivity contribution in [1.82, 2.24) is 4.31 Å². The van der Waals surface area contributed by atoms with Crippen molar-refractivity contribution in [3.63, 3.8) is 0 Å². The summed E-state index contributed by atoms with van der Waals surface area (Å²) in [6, 6.07) is 2.76. The minimum absolute atomic E-state index is 0.0179. The first kappa shape index (κ1) is 16.0. The van der Waals surface area contributed by atoms with E-state index in [0.29, 0.717) is 12.1 Å². The summed E-state index contributed by atoms with van der Waals surface area (Å²) in [5, 5.41) is 9.59. The molecule has 1 aromatic rings. The van der Waals surface area contributed by atoms with Gasteiger partial charge in [-0.05, 0) is 37.0 Å². The number of hydrogen-bond donors (Lipinski definition) is 1. The summed E-state index contributed by atoms with van der Waals surface area (Å²) in [6.45, 7) is 2.16. The molecule has 1 aromatic carbocycles. The second-order valence-corrected chi connectivity index (χ2v) is 7.53. The van der Waals surface area contributed by atoms with E-state index in [0.717, 1.165) is 19.3 Å². The molecule has 1 N–H and O–H groups in total. The Morgan fingerprint density at radius 3 is 2.65 bits per heavy atom. The van der Waals surface area contributed by atoms with Gasteiger partial charge in [-0.3, -0.25) is 0 Å². The highest BCUT2D eigenvalue weighted by Gasteiger charge is 2.35. The number of sulfonamides is 1. The van der Waals surface area contributed by atoms with Gasteiger partial charge in [-0.25, -0.2) is 8.42 Å². The van der Waals surface area contributed by atoms with Crippen LogP contribution in [0.15, 0.2) is 17.0 Å². The third kappa shape index (κ3) is 2.83. The largest absolute Gasteiger partial charge is 0.392 e. The molecule has 1 unspecified atom stereocenters. The van der Waals surface area contributed by atoms with Gasteiger partial charge >= 0.3 is 0 Å². The molecule has 0 aromatic heterocycles.